The molecule has 0 bridgehead atoms. The Hall–Kier alpha value is -4.46. The van der Waals surface area contributed by atoms with Gasteiger partial charge >= 0.3 is 0 Å². The molecule has 8 nitrogen and oxygen atoms in total. The molecule has 0 spiro atoms. The van der Waals surface area contributed by atoms with Crippen molar-refractivity contribution in [3.05, 3.63) is 105 Å². The molecule has 2 aliphatic rings. The van der Waals surface area contributed by atoms with Crippen molar-refractivity contribution in [3.63, 3.8) is 0 Å². The number of ketones is 1. The highest BCUT2D eigenvalue weighted by Gasteiger charge is 2.41. The number of nitrogens with zero attached hydrogens (tertiary/aromatic N) is 2. The number of amides is 1. The molecule has 0 radical (unpaired) electrons. The van der Waals surface area contributed by atoms with Gasteiger partial charge in [-0.25, -0.2) is 0 Å². The highest BCUT2D eigenvalue weighted by molar-refractivity contribution is 6.06. The van der Waals surface area contributed by atoms with E-state index in [4.69, 9.17) is 4.74 Å². The van der Waals surface area contributed by atoms with Crippen LogP contribution in [-0.4, -0.2) is 23.7 Å². The lowest BCUT2D eigenvalue weighted by molar-refractivity contribution is -0.384. The number of allylic oxidation sites excluding steroid dienone is 1. The molecule has 1 aliphatic heterocycles. The highest BCUT2D eigenvalue weighted by Crippen LogP contribution is 2.48. The number of anilines is 2. The second-order valence-electron chi connectivity index (χ2n) is 10.3. The molecule has 0 aromatic heterocycles. The molecule has 0 unspecified atom stereocenters. The second-order valence-corrected chi connectivity index (χ2v) is 10.3. The first-order chi connectivity index (χ1) is 19.4. The summed E-state index contributed by atoms with van der Waals surface area (Å²) in [6.07, 6.45) is 3.76. The maximum atomic E-state index is 14.1. The molecule has 3 aromatic carbocycles. The minimum atomic E-state index is -0.788. The van der Waals surface area contributed by atoms with Gasteiger partial charge in [0.15, 0.2) is 5.78 Å². The number of nitrogens with one attached hydrogen (secondary N) is 1. The summed E-state index contributed by atoms with van der Waals surface area (Å²) in [5.74, 6) is 0.493. The van der Waals surface area contributed by atoms with E-state index in [1.54, 1.807) is 24.1 Å². The van der Waals surface area contributed by atoms with Crippen molar-refractivity contribution in [2.75, 3.05) is 17.3 Å². The summed E-state index contributed by atoms with van der Waals surface area (Å²) in [5.41, 5.74) is 4.11. The van der Waals surface area contributed by atoms with E-state index < -0.39 is 11.0 Å². The fourth-order valence-corrected chi connectivity index (χ4v) is 5.75. The Kier molecular flexibility index (Phi) is 7.96. The molecule has 0 saturated heterocycles. The van der Waals surface area contributed by atoms with Crippen LogP contribution in [0, 0.1) is 10.1 Å². The Bertz CT molecular complexity index is 1460. The number of hydrogen-bond acceptors (Lipinski definition) is 6. The maximum absolute atomic E-state index is 14.1. The van der Waals surface area contributed by atoms with Gasteiger partial charge in [0.05, 0.1) is 29.4 Å². The van der Waals surface area contributed by atoms with Gasteiger partial charge in [0.1, 0.15) is 5.75 Å². The van der Waals surface area contributed by atoms with E-state index in [1.807, 2.05) is 48.5 Å². The minimum absolute atomic E-state index is 0.0608. The molecule has 5 rings (SSSR count). The molecular weight excluding hydrogens is 506 g/mol. The molecule has 2 atom stereocenters. The largest absolute Gasteiger partial charge is 0.497 e. The fraction of sp³-hybridized carbons (Fsp3) is 0.312. The first-order valence-electron chi connectivity index (χ1n) is 13.7. The van der Waals surface area contributed by atoms with Crippen molar-refractivity contribution in [3.8, 4) is 5.75 Å². The summed E-state index contributed by atoms with van der Waals surface area (Å²) < 4.78 is 5.30. The van der Waals surface area contributed by atoms with E-state index in [-0.39, 0.29) is 29.7 Å². The number of benzene rings is 3. The lowest BCUT2D eigenvalue weighted by Gasteiger charge is -2.35. The van der Waals surface area contributed by atoms with Crippen LogP contribution < -0.4 is 15.0 Å². The zero-order valence-electron chi connectivity index (χ0n) is 22.8. The Morgan fingerprint density at radius 2 is 1.80 bits per heavy atom. The van der Waals surface area contributed by atoms with Crippen LogP contribution in [0.1, 0.15) is 68.5 Å². The summed E-state index contributed by atoms with van der Waals surface area (Å²) in [6, 6.07) is 20.8. The van der Waals surface area contributed by atoms with Gasteiger partial charge < -0.3 is 10.1 Å². The van der Waals surface area contributed by atoms with Crippen LogP contribution in [0.5, 0.6) is 5.75 Å². The number of para-hydroxylation sites is 2. The number of methoxy groups -OCH3 is 1. The smallest absolute Gasteiger partial charge is 0.269 e. The van der Waals surface area contributed by atoms with E-state index in [2.05, 4.69) is 12.2 Å². The van der Waals surface area contributed by atoms with E-state index in [9.17, 15) is 19.7 Å². The number of non-ortho nitro benzene ring substituents is 1. The summed E-state index contributed by atoms with van der Waals surface area (Å²) in [6.45, 7) is 2.08. The van der Waals surface area contributed by atoms with Gasteiger partial charge in [-0.05, 0) is 54.2 Å². The number of hydrogen-bond donors (Lipinski definition) is 1. The van der Waals surface area contributed by atoms with Gasteiger partial charge in [0.25, 0.3) is 5.69 Å². The molecule has 3 aromatic rings. The Morgan fingerprint density at radius 3 is 2.52 bits per heavy atom. The van der Waals surface area contributed by atoms with E-state index in [0.29, 0.717) is 29.7 Å². The lowest BCUT2D eigenvalue weighted by Crippen LogP contribution is -2.38. The first kappa shape index (κ1) is 27.1. The number of fused-ring (bicyclic) bond motifs is 1. The number of unbranched alkanes of at least 4 members (excludes halogenated alkanes) is 2. The third-order valence-electron chi connectivity index (χ3n) is 7.74. The van der Waals surface area contributed by atoms with E-state index in [0.717, 1.165) is 42.0 Å². The third kappa shape index (κ3) is 5.34. The highest BCUT2D eigenvalue weighted by atomic mass is 16.6. The quantitative estimate of drug-likeness (QED) is 0.186. The van der Waals surface area contributed by atoms with Crippen molar-refractivity contribution in [1.82, 2.24) is 0 Å². The molecule has 0 saturated carbocycles. The molecule has 0 fully saturated rings. The van der Waals surface area contributed by atoms with Gasteiger partial charge in [-0.15, -0.1) is 0 Å². The van der Waals surface area contributed by atoms with Gasteiger partial charge in [0.2, 0.25) is 5.91 Å². The summed E-state index contributed by atoms with van der Waals surface area (Å²) in [7, 11) is 1.62. The van der Waals surface area contributed by atoms with Gasteiger partial charge in [-0.3, -0.25) is 24.6 Å². The van der Waals surface area contributed by atoms with Crippen LogP contribution in [0.4, 0.5) is 17.1 Å². The molecule has 1 heterocycles. The topological polar surface area (TPSA) is 102 Å². The molecule has 40 heavy (non-hydrogen) atoms. The number of carbonyl (C=O) groups is 2. The SMILES string of the molecule is CCCCCC(=O)N1c2ccccc2NC2=C(C(=O)C[C@@H](c3ccc(OC)cc3)C2)[C@H]1c1cccc([N+](=O)[O-])c1. The number of carbonyl (C=O) groups excluding carboxylic acids is 2. The zero-order valence-corrected chi connectivity index (χ0v) is 22.8. The average molecular weight is 540 g/mol. The third-order valence-corrected chi connectivity index (χ3v) is 7.74. The Morgan fingerprint density at radius 1 is 1.02 bits per heavy atom. The summed E-state index contributed by atoms with van der Waals surface area (Å²) in [5, 5.41) is 15.2. The molecular formula is C32H33N3O5. The van der Waals surface area contributed by atoms with Crippen molar-refractivity contribution < 1.29 is 19.2 Å². The van der Waals surface area contributed by atoms with Crippen molar-refractivity contribution in [2.45, 2.75) is 57.4 Å². The second kappa shape index (κ2) is 11.7. The Balaban J connectivity index is 1.66. The molecule has 1 N–H and O–H groups in total. The van der Waals surface area contributed by atoms with Gasteiger partial charge in [-0.1, -0.05) is 56.2 Å². The van der Waals surface area contributed by atoms with E-state index >= 15 is 0 Å². The number of nitro benzene ring substituents is 1. The zero-order chi connectivity index (χ0) is 28.2. The van der Waals surface area contributed by atoms with Crippen LogP contribution >= 0.6 is 0 Å². The predicted octanol–water partition coefficient (Wildman–Crippen LogP) is 7.08. The van der Waals surface area contributed by atoms with Crippen LogP contribution in [0.3, 0.4) is 0 Å². The number of ether oxygens (including phenoxy) is 1. The number of rotatable bonds is 8. The monoisotopic (exact) mass is 539 g/mol. The summed E-state index contributed by atoms with van der Waals surface area (Å²) >= 11 is 0. The minimum Gasteiger partial charge on any atom is -0.497 e. The van der Waals surface area contributed by atoms with Crippen LogP contribution in [0.15, 0.2) is 84.1 Å². The fourth-order valence-electron chi connectivity index (χ4n) is 5.75. The Labute approximate surface area is 233 Å². The average Bonchev–Trinajstić information content (AvgIpc) is 3.12. The standard InChI is InChI=1S/C32H33N3O5/c1-3-4-5-13-30(37)34-28-12-7-6-11-26(28)33-27-19-23(21-14-16-25(40-2)17-15-21)20-29(36)31(27)32(34)22-9-8-10-24(18-22)35(38)39/h6-12,14-18,23,32-33H,3-5,13,19-20H2,1-2H3/t23-,32+/m0/s1. The lowest BCUT2D eigenvalue weighted by atomic mass is 9.78. The normalized spacial score (nSPS) is 18.4. The molecule has 1 amide bonds. The van der Waals surface area contributed by atoms with Gasteiger partial charge in [0, 0.05) is 36.2 Å². The number of Topliss-reactive ketones (excluding diaryl/α,β-unsaturated/α-hetero) is 1. The summed E-state index contributed by atoms with van der Waals surface area (Å²) in [4.78, 5) is 41.0. The predicted molar refractivity (Wildman–Crippen MR) is 155 cm³/mol. The van der Waals surface area contributed by atoms with E-state index in [1.165, 1.54) is 12.1 Å². The van der Waals surface area contributed by atoms with Crippen molar-refractivity contribution in [2.24, 2.45) is 0 Å². The number of nitro groups is 1. The van der Waals surface area contributed by atoms with Crippen molar-refractivity contribution >= 4 is 28.8 Å². The maximum Gasteiger partial charge on any atom is 0.269 e. The van der Waals surface area contributed by atoms with Crippen LogP contribution in [0.25, 0.3) is 0 Å². The first-order valence-corrected chi connectivity index (χ1v) is 13.7. The van der Waals surface area contributed by atoms with Crippen LogP contribution in [-0.2, 0) is 9.59 Å². The molecule has 206 valence electrons. The molecule has 8 heteroatoms. The van der Waals surface area contributed by atoms with Crippen molar-refractivity contribution in [1.29, 1.82) is 0 Å². The molecule has 1 aliphatic carbocycles. The van der Waals surface area contributed by atoms with Gasteiger partial charge in [-0.2, -0.15) is 0 Å². The van der Waals surface area contributed by atoms with Crippen LogP contribution in [0.2, 0.25) is 0 Å².